The number of anilines is 2. The molecule has 1 aromatic heterocycles. The fourth-order valence-corrected chi connectivity index (χ4v) is 6.94. The molecule has 5 heteroatoms. The van der Waals surface area contributed by atoms with E-state index in [4.69, 9.17) is 0 Å². The van der Waals surface area contributed by atoms with E-state index in [0.717, 1.165) is 37.1 Å². The van der Waals surface area contributed by atoms with Gasteiger partial charge in [-0.05, 0) is 12.8 Å². The zero-order valence-corrected chi connectivity index (χ0v) is 30.8. The van der Waals surface area contributed by atoms with Crippen molar-refractivity contribution in [3.05, 3.63) is 10.8 Å². The first-order chi connectivity index (χ1) is 22.2. The average molecular weight is 647 g/mol. The zero-order valence-electron chi connectivity index (χ0n) is 30.0. The summed E-state index contributed by atoms with van der Waals surface area (Å²) in [5.41, 5.74) is 1.49. The van der Waals surface area contributed by atoms with Crippen LogP contribution in [0.3, 0.4) is 0 Å². The summed E-state index contributed by atoms with van der Waals surface area (Å²) >= 11 is 1.52. The molecule has 0 saturated heterocycles. The highest BCUT2D eigenvalue weighted by molar-refractivity contribution is 7.09. The van der Waals surface area contributed by atoms with Gasteiger partial charge in [0.15, 0.2) is 0 Å². The van der Waals surface area contributed by atoms with Gasteiger partial charge in [0, 0.05) is 23.6 Å². The number of hydrogen-bond acceptors (Lipinski definition) is 3. The van der Waals surface area contributed by atoms with Gasteiger partial charge in [-0.2, -0.15) is 0 Å². The molecule has 0 unspecified atom stereocenters. The summed E-state index contributed by atoms with van der Waals surface area (Å²) in [6.45, 7) is 4.56. The Kier molecular flexibility index (Phi) is 30.2. The number of carbonyl (C=O) groups is 2. The maximum absolute atomic E-state index is 12.5. The van der Waals surface area contributed by atoms with Crippen molar-refractivity contribution in [3.8, 4) is 0 Å². The third-order valence-electron chi connectivity index (χ3n) is 9.22. The Balaban J connectivity index is 1.94. The topological polar surface area (TPSA) is 58.2 Å². The van der Waals surface area contributed by atoms with Gasteiger partial charge in [-0.15, -0.1) is 11.3 Å². The molecule has 0 aliphatic rings. The Hall–Kier alpha value is -1.36. The van der Waals surface area contributed by atoms with Gasteiger partial charge in [-0.3, -0.25) is 9.59 Å². The van der Waals surface area contributed by atoms with Crippen molar-refractivity contribution in [3.63, 3.8) is 0 Å². The summed E-state index contributed by atoms with van der Waals surface area (Å²) in [6, 6.07) is 0. The maximum atomic E-state index is 12.5. The number of nitrogens with one attached hydrogen (secondary N) is 2. The number of unbranched alkanes of at least 4 members (excludes halogenated alkanes) is 28. The normalized spacial score (nSPS) is 11.2. The Morgan fingerprint density at radius 1 is 0.400 bits per heavy atom. The summed E-state index contributed by atoms with van der Waals surface area (Å²) in [5, 5.41) is 9.90. The molecule has 0 aliphatic heterocycles. The number of amides is 2. The summed E-state index contributed by atoms with van der Waals surface area (Å²) in [7, 11) is 0. The first-order valence-corrected chi connectivity index (χ1v) is 20.8. The molecule has 0 fully saturated rings. The molecule has 0 aromatic carbocycles. The van der Waals surface area contributed by atoms with Crippen LogP contribution in [0.5, 0.6) is 0 Å². The monoisotopic (exact) mass is 647 g/mol. The summed E-state index contributed by atoms with van der Waals surface area (Å²) < 4.78 is 0. The summed E-state index contributed by atoms with van der Waals surface area (Å²) in [4.78, 5) is 25.0. The predicted molar refractivity (Wildman–Crippen MR) is 201 cm³/mol. The van der Waals surface area contributed by atoms with E-state index in [-0.39, 0.29) is 11.8 Å². The molecule has 2 amide bonds. The molecule has 1 aromatic rings. The maximum Gasteiger partial charge on any atom is 0.224 e. The van der Waals surface area contributed by atoms with Crippen molar-refractivity contribution in [2.45, 2.75) is 219 Å². The van der Waals surface area contributed by atoms with Crippen LogP contribution in [-0.2, 0) is 9.59 Å². The quantitative estimate of drug-likeness (QED) is 0.0732. The molecular weight excluding hydrogens is 573 g/mol. The Morgan fingerprint density at radius 2 is 0.622 bits per heavy atom. The zero-order chi connectivity index (χ0) is 32.5. The third kappa shape index (κ3) is 27.5. The van der Waals surface area contributed by atoms with Gasteiger partial charge in [0.05, 0.1) is 11.4 Å². The van der Waals surface area contributed by atoms with Crippen molar-refractivity contribution < 1.29 is 9.59 Å². The van der Waals surface area contributed by atoms with Crippen molar-refractivity contribution in [1.29, 1.82) is 0 Å². The lowest BCUT2D eigenvalue weighted by Gasteiger charge is -2.09. The molecule has 1 heterocycles. The van der Waals surface area contributed by atoms with Gasteiger partial charge in [-0.1, -0.05) is 194 Å². The molecular formula is C40H74N2O2S. The second-order valence-corrected chi connectivity index (χ2v) is 14.4. The summed E-state index contributed by atoms with van der Waals surface area (Å²) in [5.74, 6) is 0.113. The van der Waals surface area contributed by atoms with Crippen molar-refractivity contribution in [2.24, 2.45) is 0 Å². The lowest BCUT2D eigenvalue weighted by Crippen LogP contribution is -2.15. The van der Waals surface area contributed by atoms with Crippen molar-refractivity contribution >= 4 is 34.5 Å². The fourth-order valence-electron chi connectivity index (χ4n) is 6.23. The molecule has 0 aliphatic carbocycles. The largest absolute Gasteiger partial charge is 0.324 e. The van der Waals surface area contributed by atoms with E-state index in [1.807, 2.05) is 10.8 Å². The Bertz CT molecular complexity index is 731. The first kappa shape index (κ1) is 41.7. The van der Waals surface area contributed by atoms with Crippen LogP contribution in [0.2, 0.25) is 0 Å². The minimum absolute atomic E-state index is 0.0565. The van der Waals surface area contributed by atoms with E-state index in [1.165, 1.54) is 178 Å². The molecule has 0 saturated carbocycles. The fraction of sp³-hybridized carbons (Fsp3) is 0.850. The lowest BCUT2D eigenvalue weighted by molar-refractivity contribution is -0.117. The molecule has 45 heavy (non-hydrogen) atoms. The van der Waals surface area contributed by atoms with Crippen LogP contribution in [0.15, 0.2) is 10.8 Å². The lowest BCUT2D eigenvalue weighted by atomic mass is 10.0. The standard InChI is InChI=1S/C40H74N2O2S/c1-3-5-7-9-11-13-15-17-19-21-23-25-27-29-31-33-39(43)41-37-35-45-36-38(37)42-40(44)34-32-30-28-26-24-22-20-18-16-14-12-10-8-6-4-2/h35-36H,3-34H2,1-2H3,(H,41,43)(H,42,44). The highest BCUT2D eigenvalue weighted by Gasteiger charge is 2.11. The van der Waals surface area contributed by atoms with Gasteiger partial charge >= 0.3 is 0 Å². The van der Waals surface area contributed by atoms with Gasteiger partial charge < -0.3 is 10.6 Å². The van der Waals surface area contributed by atoms with Crippen LogP contribution in [-0.4, -0.2) is 11.8 Å². The molecule has 4 nitrogen and oxygen atoms in total. The second-order valence-electron chi connectivity index (χ2n) is 13.7. The molecule has 0 atom stereocenters. The second kappa shape index (κ2) is 32.6. The molecule has 1 rings (SSSR count). The van der Waals surface area contributed by atoms with Gasteiger partial charge in [0.2, 0.25) is 11.8 Å². The van der Waals surface area contributed by atoms with E-state index in [9.17, 15) is 9.59 Å². The number of thiophene rings is 1. The van der Waals surface area contributed by atoms with Gasteiger partial charge in [0.1, 0.15) is 0 Å². The molecule has 2 N–H and O–H groups in total. The van der Waals surface area contributed by atoms with E-state index < -0.39 is 0 Å². The van der Waals surface area contributed by atoms with E-state index in [0.29, 0.717) is 12.8 Å². The van der Waals surface area contributed by atoms with E-state index in [1.54, 1.807) is 0 Å². The van der Waals surface area contributed by atoms with Crippen molar-refractivity contribution in [1.82, 2.24) is 0 Å². The molecule has 0 radical (unpaired) electrons. The number of rotatable bonds is 34. The predicted octanol–water partition coefficient (Wildman–Crippen LogP) is 14.1. The van der Waals surface area contributed by atoms with E-state index >= 15 is 0 Å². The minimum Gasteiger partial charge on any atom is -0.324 e. The van der Waals surface area contributed by atoms with Gasteiger partial charge in [0.25, 0.3) is 0 Å². The first-order valence-electron chi connectivity index (χ1n) is 19.8. The van der Waals surface area contributed by atoms with Crippen LogP contribution in [0.4, 0.5) is 11.4 Å². The average Bonchev–Trinajstić information content (AvgIpc) is 3.46. The third-order valence-corrected chi connectivity index (χ3v) is 9.97. The Labute approximate surface area is 284 Å². The van der Waals surface area contributed by atoms with E-state index in [2.05, 4.69) is 24.5 Å². The van der Waals surface area contributed by atoms with Crippen LogP contribution in [0, 0.1) is 0 Å². The summed E-state index contributed by atoms with van der Waals surface area (Å²) in [6.07, 6.45) is 40.9. The van der Waals surface area contributed by atoms with Crippen LogP contribution in [0.25, 0.3) is 0 Å². The smallest absolute Gasteiger partial charge is 0.224 e. The Morgan fingerprint density at radius 3 is 0.867 bits per heavy atom. The van der Waals surface area contributed by atoms with Crippen LogP contribution in [0.1, 0.15) is 219 Å². The highest BCUT2D eigenvalue weighted by atomic mass is 32.1. The molecule has 0 spiro atoms. The van der Waals surface area contributed by atoms with Crippen molar-refractivity contribution in [2.75, 3.05) is 10.6 Å². The number of hydrogen-bond donors (Lipinski definition) is 2. The van der Waals surface area contributed by atoms with Crippen LogP contribution >= 0.6 is 11.3 Å². The van der Waals surface area contributed by atoms with Gasteiger partial charge in [-0.25, -0.2) is 0 Å². The number of carbonyl (C=O) groups excluding carboxylic acids is 2. The molecule has 0 bridgehead atoms. The minimum atomic E-state index is 0.0565. The van der Waals surface area contributed by atoms with Crippen LogP contribution < -0.4 is 10.6 Å². The molecule has 262 valence electrons. The SMILES string of the molecule is CCCCCCCCCCCCCCCCCC(=O)Nc1cscc1NC(=O)CCCCCCCCCCCCCCCCC. The highest BCUT2D eigenvalue weighted by Crippen LogP contribution is 2.27.